The Bertz CT molecular complexity index is 726. The molecule has 9 nitrogen and oxygen atoms in total. The van der Waals surface area contributed by atoms with Crippen LogP contribution in [0.5, 0.6) is 0 Å². The van der Waals surface area contributed by atoms with E-state index >= 15 is 0 Å². The number of nitrogens with zero attached hydrogens (tertiary/aromatic N) is 3. The molecule has 9 heteroatoms. The lowest BCUT2D eigenvalue weighted by Gasteiger charge is -2.42. The van der Waals surface area contributed by atoms with Crippen LogP contribution in [-0.2, 0) is 9.53 Å². The highest BCUT2D eigenvalue weighted by molar-refractivity contribution is 5.93. The van der Waals surface area contributed by atoms with E-state index in [2.05, 4.69) is 5.32 Å². The number of hydrogen-bond acceptors (Lipinski definition) is 6. The fourth-order valence-corrected chi connectivity index (χ4v) is 3.57. The summed E-state index contributed by atoms with van der Waals surface area (Å²) >= 11 is 0. The number of non-ortho nitro benzene ring substituents is 1. The van der Waals surface area contributed by atoms with Gasteiger partial charge in [-0.3, -0.25) is 14.9 Å². The SMILES string of the molecule is CC(C)COC(=O)N1CCC2(CC1)C(=O)NCN2c1ccc([N+](=O)[O-])cc1. The number of amides is 2. The Morgan fingerprint density at radius 1 is 1.30 bits per heavy atom. The standard InChI is InChI=1S/C18H24N4O5/c1-13(2)11-27-17(24)20-9-7-18(8-10-20)16(23)19-12-21(18)14-3-5-15(6-4-14)22(25)26/h3-6,13H,7-12H2,1-2H3,(H,19,23). The maximum Gasteiger partial charge on any atom is 0.409 e. The molecule has 1 aromatic carbocycles. The Kier molecular flexibility index (Phi) is 5.20. The van der Waals surface area contributed by atoms with Crippen LogP contribution in [0, 0.1) is 16.0 Å². The lowest BCUT2D eigenvalue weighted by molar-refractivity contribution is -0.384. The number of nitro groups is 1. The molecule has 1 aromatic rings. The molecule has 0 unspecified atom stereocenters. The van der Waals surface area contributed by atoms with Gasteiger partial charge in [0.1, 0.15) is 5.54 Å². The normalized spacial score (nSPS) is 18.7. The molecule has 0 saturated carbocycles. The predicted octanol–water partition coefficient (Wildman–Crippen LogP) is 2.12. The molecule has 0 aliphatic carbocycles. The van der Waals surface area contributed by atoms with Crippen molar-refractivity contribution < 1.29 is 19.2 Å². The van der Waals surface area contributed by atoms with Gasteiger partial charge >= 0.3 is 6.09 Å². The lowest BCUT2D eigenvalue weighted by Crippen LogP contribution is -2.57. The van der Waals surface area contributed by atoms with Crippen LogP contribution < -0.4 is 10.2 Å². The van der Waals surface area contributed by atoms with E-state index in [1.807, 2.05) is 18.7 Å². The monoisotopic (exact) mass is 376 g/mol. The van der Waals surface area contributed by atoms with Crippen LogP contribution in [0.25, 0.3) is 0 Å². The molecule has 2 saturated heterocycles. The Morgan fingerprint density at radius 2 is 1.93 bits per heavy atom. The summed E-state index contributed by atoms with van der Waals surface area (Å²) in [5.41, 5.74) is 0.00843. The Balaban J connectivity index is 1.71. The minimum Gasteiger partial charge on any atom is -0.449 e. The minimum atomic E-state index is -0.745. The number of rotatable bonds is 4. The van der Waals surface area contributed by atoms with Gasteiger partial charge in [-0.15, -0.1) is 0 Å². The molecule has 2 heterocycles. The fourth-order valence-electron chi connectivity index (χ4n) is 3.57. The van der Waals surface area contributed by atoms with Crippen LogP contribution in [0.2, 0.25) is 0 Å². The Morgan fingerprint density at radius 3 is 2.48 bits per heavy atom. The van der Waals surface area contributed by atoms with Gasteiger partial charge in [-0.25, -0.2) is 4.79 Å². The van der Waals surface area contributed by atoms with Crippen molar-refractivity contribution in [3.05, 3.63) is 34.4 Å². The molecule has 2 fully saturated rings. The van der Waals surface area contributed by atoms with Gasteiger partial charge in [0.15, 0.2) is 0 Å². The van der Waals surface area contributed by atoms with Crippen LogP contribution in [0.15, 0.2) is 24.3 Å². The van der Waals surface area contributed by atoms with Crippen molar-refractivity contribution in [3.63, 3.8) is 0 Å². The van der Waals surface area contributed by atoms with E-state index in [0.717, 1.165) is 5.69 Å². The van der Waals surface area contributed by atoms with E-state index in [9.17, 15) is 19.7 Å². The molecule has 2 amide bonds. The maximum absolute atomic E-state index is 12.6. The number of anilines is 1. The van der Waals surface area contributed by atoms with E-state index in [4.69, 9.17) is 4.74 Å². The van der Waals surface area contributed by atoms with Gasteiger partial charge in [0.2, 0.25) is 5.91 Å². The summed E-state index contributed by atoms with van der Waals surface area (Å²) in [6, 6.07) is 6.18. The first-order chi connectivity index (χ1) is 12.8. The summed E-state index contributed by atoms with van der Waals surface area (Å²) in [6.45, 7) is 5.51. The number of carbonyl (C=O) groups excluding carboxylic acids is 2. The number of hydrogen-bond donors (Lipinski definition) is 1. The second kappa shape index (κ2) is 7.42. The third-order valence-electron chi connectivity index (χ3n) is 5.10. The van der Waals surface area contributed by atoms with E-state index < -0.39 is 10.5 Å². The largest absolute Gasteiger partial charge is 0.449 e. The van der Waals surface area contributed by atoms with Crippen molar-refractivity contribution in [3.8, 4) is 0 Å². The molecule has 0 aromatic heterocycles. The second-order valence-electron chi connectivity index (χ2n) is 7.35. The lowest BCUT2D eigenvalue weighted by atomic mass is 9.86. The number of piperidine rings is 1. The van der Waals surface area contributed by atoms with Gasteiger partial charge in [-0.05, 0) is 30.9 Å². The van der Waals surface area contributed by atoms with Crippen molar-refractivity contribution in [1.29, 1.82) is 0 Å². The molecule has 1 N–H and O–H groups in total. The minimum absolute atomic E-state index is 0.00833. The number of ether oxygens (including phenoxy) is 1. The van der Waals surface area contributed by atoms with E-state index in [0.29, 0.717) is 39.2 Å². The third kappa shape index (κ3) is 3.67. The van der Waals surface area contributed by atoms with Crippen LogP contribution in [0.4, 0.5) is 16.2 Å². The van der Waals surface area contributed by atoms with E-state index in [1.54, 1.807) is 17.0 Å². The highest BCUT2D eigenvalue weighted by Gasteiger charge is 2.51. The molecular formula is C18H24N4O5. The highest BCUT2D eigenvalue weighted by atomic mass is 16.6. The van der Waals surface area contributed by atoms with Crippen LogP contribution in [0.1, 0.15) is 26.7 Å². The molecule has 0 radical (unpaired) electrons. The summed E-state index contributed by atoms with van der Waals surface area (Å²) < 4.78 is 5.28. The molecule has 2 aliphatic rings. The van der Waals surface area contributed by atoms with Crippen LogP contribution >= 0.6 is 0 Å². The van der Waals surface area contributed by atoms with Gasteiger partial charge in [0, 0.05) is 30.9 Å². The number of nitrogens with one attached hydrogen (secondary N) is 1. The molecule has 146 valence electrons. The van der Waals surface area contributed by atoms with Gasteiger partial charge < -0.3 is 19.9 Å². The number of benzene rings is 1. The van der Waals surface area contributed by atoms with Crippen LogP contribution in [0.3, 0.4) is 0 Å². The summed E-state index contributed by atoms with van der Waals surface area (Å²) in [5.74, 6) is 0.194. The molecule has 2 aliphatic heterocycles. The van der Waals surface area contributed by atoms with Crippen molar-refractivity contribution in [1.82, 2.24) is 10.2 Å². The third-order valence-corrected chi connectivity index (χ3v) is 5.10. The second-order valence-corrected chi connectivity index (χ2v) is 7.35. The quantitative estimate of drug-likeness (QED) is 0.637. The fraction of sp³-hybridized carbons (Fsp3) is 0.556. The summed E-state index contributed by atoms with van der Waals surface area (Å²) in [5, 5.41) is 13.7. The van der Waals surface area contributed by atoms with E-state index in [-0.39, 0.29) is 23.6 Å². The first-order valence-electron chi connectivity index (χ1n) is 9.05. The highest BCUT2D eigenvalue weighted by Crippen LogP contribution is 2.36. The smallest absolute Gasteiger partial charge is 0.409 e. The molecule has 0 atom stereocenters. The average molecular weight is 376 g/mol. The summed E-state index contributed by atoms with van der Waals surface area (Å²) in [7, 11) is 0. The maximum atomic E-state index is 12.6. The van der Waals surface area contributed by atoms with Crippen LogP contribution in [-0.4, -0.2) is 53.7 Å². The summed E-state index contributed by atoms with van der Waals surface area (Å²) in [6.07, 6.45) is 0.609. The van der Waals surface area contributed by atoms with Crippen molar-refractivity contribution >= 4 is 23.4 Å². The van der Waals surface area contributed by atoms with Gasteiger partial charge in [-0.1, -0.05) is 13.8 Å². The molecule has 0 bridgehead atoms. The van der Waals surface area contributed by atoms with Crippen molar-refractivity contribution in [2.45, 2.75) is 32.2 Å². The average Bonchev–Trinajstić information content (AvgIpc) is 2.96. The molecule has 27 heavy (non-hydrogen) atoms. The van der Waals surface area contributed by atoms with Gasteiger partial charge in [-0.2, -0.15) is 0 Å². The molecular weight excluding hydrogens is 352 g/mol. The van der Waals surface area contributed by atoms with Gasteiger partial charge in [0.25, 0.3) is 5.69 Å². The first-order valence-corrected chi connectivity index (χ1v) is 9.05. The Labute approximate surface area is 157 Å². The summed E-state index contributed by atoms with van der Waals surface area (Å²) in [4.78, 5) is 38.7. The number of carbonyl (C=O) groups is 2. The number of likely N-dealkylation sites (tertiary alicyclic amines) is 1. The van der Waals surface area contributed by atoms with E-state index in [1.165, 1.54) is 12.1 Å². The zero-order valence-electron chi connectivity index (χ0n) is 15.5. The van der Waals surface area contributed by atoms with Crippen molar-refractivity contribution in [2.75, 3.05) is 31.3 Å². The van der Waals surface area contributed by atoms with Crippen molar-refractivity contribution in [2.24, 2.45) is 5.92 Å². The first kappa shape index (κ1) is 18.9. The zero-order valence-corrected chi connectivity index (χ0v) is 15.5. The molecule has 3 rings (SSSR count). The van der Waals surface area contributed by atoms with Gasteiger partial charge in [0.05, 0.1) is 18.2 Å². The molecule has 1 spiro atoms. The predicted molar refractivity (Wildman–Crippen MR) is 98.3 cm³/mol. The topological polar surface area (TPSA) is 105 Å². The number of nitro benzene ring substituents is 1. The zero-order chi connectivity index (χ0) is 19.6. The Hall–Kier alpha value is -2.84.